The fourth-order valence-electron chi connectivity index (χ4n) is 2.22. The number of benzene rings is 1. The summed E-state index contributed by atoms with van der Waals surface area (Å²) in [5, 5.41) is 0.677. The van der Waals surface area contributed by atoms with Crippen molar-refractivity contribution >= 4 is 29.0 Å². The quantitative estimate of drug-likeness (QED) is 0.586. The molecule has 0 fully saturated rings. The Morgan fingerprint density at radius 2 is 2.00 bits per heavy atom. The number of aromatic nitrogens is 2. The molecule has 1 amide bonds. The van der Waals surface area contributed by atoms with Gasteiger partial charge < -0.3 is 14.9 Å². The van der Waals surface area contributed by atoms with Crippen molar-refractivity contribution in [3.63, 3.8) is 0 Å². The molecule has 3 rings (SSSR count). The first kappa shape index (κ1) is 17.6. The first-order valence-corrected chi connectivity index (χ1v) is 7.98. The van der Waals surface area contributed by atoms with Gasteiger partial charge in [-0.3, -0.25) is 15.6 Å². The number of hydrazine groups is 1. The highest BCUT2D eigenvalue weighted by molar-refractivity contribution is 6.32. The number of rotatable bonds is 5. The Morgan fingerprint density at radius 3 is 2.65 bits per heavy atom. The van der Waals surface area contributed by atoms with E-state index in [-0.39, 0.29) is 23.1 Å². The van der Waals surface area contributed by atoms with Crippen LogP contribution in [0.5, 0.6) is 11.6 Å². The number of aryl methyl sites for hydroxylation is 2. The topological polar surface area (TPSA) is 115 Å². The lowest BCUT2D eigenvalue weighted by atomic mass is 10.1. The number of carbonyl (C=O) groups is 1. The summed E-state index contributed by atoms with van der Waals surface area (Å²) in [6.45, 7) is 3.76. The molecule has 0 radical (unpaired) electrons. The fourth-order valence-corrected chi connectivity index (χ4v) is 2.33. The van der Waals surface area contributed by atoms with E-state index in [1.165, 1.54) is 18.7 Å². The van der Waals surface area contributed by atoms with Gasteiger partial charge in [-0.2, -0.15) is 4.98 Å². The number of ether oxygens (including phenoxy) is 1. The van der Waals surface area contributed by atoms with Gasteiger partial charge in [-0.05, 0) is 49.2 Å². The van der Waals surface area contributed by atoms with Gasteiger partial charge in [0.15, 0.2) is 11.6 Å². The highest BCUT2D eigenvalue weighted by Crippen LogP contribution is 2.32. The van der Waals surface area contributed by atoms with Gasteiger partial charge in [0.2, 0.25) is 5.88 Å². The van der Waals surface area contributed by atoms with Gasteiger partial charge in [-0.15, -0.1) is 0 Å². The number of nitrogens with two attached hydrogens (primary N) is 1. The van der Waals surface area contributed by atoms with Gasteiger partial charge in [-0.25, -0.2) is 4.98 Å². The van der Waals surface area contributed by atoms with Crippen molar-refractivity contribution in [1.82, 2.24) is 15.4 Å². The first-order chi connectivity index (χ1) is 12.5. The summed E-state index contributed by atoms with van der Waals surface area (Å²) in [4.78, 5) is 19.9. The molecule has 0 aliphatic heterocycles. The van der Waals surface area contributed by atoms with Crippen LogP contribution >= 0.6 is 11.6 Å². The number of amides is 1. The van der Waals surface area contributed by atoms with E-state index >= 15 is 0 Å². The predicted molar refractivity (Wildman–Crippen MR) is 97.2 cm³/mol. The number of hydrogen-bond donors (Lipinski definition) is 3. The Bertz CT molecular complexity index is 921. The smallest absolute Gasteiger partial charge is 0.305 e. The van der Waals surface area contributed by atoms with E-state index in [1.54, 1.807) is 18.2 Å². The van der Waals surface area contributed by atoms with E-state index in [4.69, 9.17) is 26.5 Å². The second-order valence-electron chi connectivity index (χ2n) is 5.47. The summed E-state index contributed by atoms with van der Waals surface area (Å²) >= 11 is 6.16. The summed E-state index contributed by atoms with van der Waals surface area (Å²) in [7, 11) is 0. The van der Waals surface area contributed by atoms with Crippen LogP contribution in [0.2, 0.25) is 5.02 Å². The average Bonchev–Trinajstić information content (AvgIpc) is 3.15. The van der Waals surface area contributed by atoms with Crippen LogP contribution in [0, 0.1) is 13.8 Å². The number of nitrogen functional groups attached to an aromatic ring is 1. The molecule has 2 heterocycles. The molecular formula is C17H16ClN5O3. The van der Waals surface area contributed by atoms with Gasteiger partial charge in [0, 0.05) is 5.02 Å². The highest BCUT2D eigenvalue weighted by Gasteiger charge is 2.14. The van der Waals surface area contributed by atoms with Crippen LogP contribution in [0.4, 0.5) is 11.5 Å². The minimum absolute atomic E-state index is 0.137. The molecule has 8 nitrogen and oxygen atoms in total. The molecule has 2 aromatic heterocycles. The van der Waals surface area contributed by atoms with Gasteiger partial charge in [0.1, 0.15) is 17.8 Å². The second kappa shape index (κ2) is 7.32. The van der Waals surface area contributed by atoms with Gasteiger partial charge in [0.25, 0.3) is 0 Å². The van der Waals surface area contributed by atoms with Crippen molar-refractivity contribution in [1.29, 1.82) is 0 Å². The molecule has 0 saturated heterocycles. The van der Waals surface area contributed by atoms with Crippen LogP contribution in [0.25, 0.3) is 0 Å². The Hall–Kier alpha value is -3.26. The molecule has 1 aromatic carbocycles. The van der Waals surface area contributed by atoms with E-state index in [0.717, 1.165) is 11.1 Å². The third-order valence-corrected chi connectivity index (χ3v) is 4.11. The maximum Gasteiger partial charge on any atom is 0.305 e. The van der Waals surface area contributed by atoms with Crippen molar-refractivity contribution in [2.45, 2.75) is 13.8 Å². The van der Waals surface area contributed by atoms with Gasteiger partial charge in [0.05, 0.1) is 6.26 Å². The molecule has 0 spiro atoms. The van der Waals surface area contributed by atoms with E-state index in [0.29, 0.717) is 10.8 Å². The van der Waals surface area contributed by atoms with Crippen LogP contribution in [0.1, 0.15) is 21.7 Å². The van der Waals surface area contributed by atoms with Crippen molar-refractivity contribution in [2.75, 3.05) is 11.2 Å². The maximum atomic E-state index is 11.9. The molecule has 9 heteroatoms. The van der Waals surface area contributed by atoms with E-state index < -0.39 is 5.91 Å². The normalized spacial score (nSPS) is 10.4. The number of anilines is 2. The Labute approximate surface area is 154 Å². The van der Waals surface area contributed by atoms with Crippen LogP contribution in [0.3, 0.4) is 0 Å². The fraction of sp³-hybridized carbons (Fsp3) is 0.118. The molecule has 0 aliphatic rings. The van der Waals surface area contributed by atoms with Crippen molar-refractivity contribution in [3.8, 4) is 11.6 Å². The van der Waals surface area contributed by atoms with Crippen molar-refractivity contribution in [2.24, 2.45) is 0 Å². The molecular weight excluding hydrogens is 358 g/mol. The maximum absolute atomic E-state index is 11.9. The SMILES string of the molecule is Cc1cc(Oc2ncnc(NNC(=O)c3ccco3)c2N)cc(C)c1Cl. The third-order valence-electron chi connectivity index (χ3n) is 3.51. The molecule has 134 valence electrons. The zero-order valence-corrected chi connectivity index (χ0v) is 14.8. The highest BCUT2D eigenvalue weighted by atomic mass is 35.5. The zero-order valence-electron chi connectivity index (χ0n) is 14.0. The Kier molecular flexibility index (Phi) is 4.94. The molecule has 0 bridgehead atoms. The third kappa shape index (κ3) is 3.70. The van der Waals surface area contributed by atoms with Crippen LogP contribution < -0.4 is 21.3 Å². The minimum atomic E-state index is -0.473. The van der Waals surface area contributed by atoms with E-state index in [1.807, 2.05) is 13.8 Å². The number of hydrogen-bond acceptors (Lipinski definition) is 7. The van der Waals surface area contributed by atoms with Gasteiger partial charge >= 0.3 is 5.91 Å². The number of furan rings is 1. The molecule has 3 aromatic rings. The molecule has 4 N–H and O–H groups in total. The van der Waals surface area contributed by atoms with Crippen LogP contribution in [0.15, 0.2) is 41.3 Å². The molecule has 0 unspecified atom stereocenters. The lowest BCUT2D eigenvalue weighted by Crippen LogP contribution is -2.30. The Balaban J connectivity index is 1.76. The molecule has 0 aliphatic carbocycles. The summed E-state index contributed by atoms with van der Waals surface area (Å²) in [6, 6.07) is 6.70. The predicted octanol–water partition coefficient (Wildman–Crippen LogP) is 3.47. The summed E-state index contributed by atoms with van der Waals surface area (Å²) in [6.07, 6.45) is 2.67. The number of nitrogens with one attached hydrogen (secondary N) is 2. The van der Waals surface area contributed by atoms with E-state index in [9.17, 15) is 4.79 Å². The van der Waals surface area contributed by atoms with E-state index in [2.05, 4.69) is 20.8 Å². The molecule has 26 heavy (non-hydrogen) atoms. The van der Waals surface area contributed by atoms with Crippen LogP contribution in [-0.2, 0) is 0 Å². The monoisotopic (exact) mass is 373 g/mol. The molecule has 0 atom stereocenters. The number of nitrogens with zero attached hydrogens (tertiary/aromatic N) is 2. The average molecular weight is 374 g/mol. The first-order valence-electron chi connectivity index (χ1n) is 7.60. The Morgan fingerprint density at radius 1 is 1.27 bits per heavy atom. The van der Waals surface area contributed by atoms with Gasteiger partial charge in [-0.1, -0.05) is 11.6 Å². The number of carbonyl (C=O) groups excluding carboxylic acids is 1. The summed E-state index contributed by atoms with van der Waals surface area (Å²) < 4.78 is 10.7. The van der Waals surface area contributed by atoms with Crippen molar-refractivity contribution in [3.05, 3.63) is 58.8 Å². The second-order valence-corrected chi connectivity index (χ2v) is 5.85. The molecule has 0 saturated carbocycles. The number of halogens is 1. The lowest BCUT2D eigenvalue weighted by molar-refractivity contribution is 0.0935. The summed E-state index contributed by atoms with van der Waals surface area (Å²) in [5.41, 5.74) is 13.0. The zero-order chi connectivity index (χ0) is 18.7. The standard InChI is InChI=1S/C17H16ClN5O3/c1-9-6-11(7-10(2)13(9)18)26-17-14(19)15(20-8-21-17)22-23-16(24)12-4-3-5-25-12/h3-8H,19H2,1-2H3,(H,23,24)(H,20,21,22). The lowest BCUT2D eigenvalue weighted by Gasteiger charge is -2.13. The minimum Gasteiger partial charge on any atom is -0.459 e. The summed E-state index contributed by atoms with van der Waals surface area (Å²) in [5.74, 6) is 0.557. The van der Waals surface area contributed by atoms with Crippen LogP contribution in [-0.4, -0.2) is 15.9 Å². The largest absolute Gasteiger partial charge is 0.459 e. The van der Waals surface area contributed by atoms with Crippen molar-refractivity contribution < 1.29 is 13.9 Å².